The van der Waals surface area contributed by atoms with Gasteiger partial charge in [0.2, 0.25) is 5.91 Å². The normalized spacial score (nSPS) is 12.2. The van der Waals surface area contributed by atoms with Gasteiger partial charge in [-0.15, -0.1) is 0 Å². The summed E-state index contributed by atoms with van der Waals surface area (Å²) < 4.78 is 0. The van der Waals surface area contributed by atoms with Crippen LogP contribution in [0.3, 0.4) is 0 Å². The molecule has 0 radical (unpaired) electrons. The Kier molecular flexibility index (Phi) is 4.35. The molecule has 3 heteroatoms. The van der Waals surface area contributed by atoms with Gasteiger partial charge >= 0.3 is 0 Å². The molecule has 0 saturated carbocycles. The van der Waals surface area contributed by atoms with Gasteiger partial charge in [0.25, 0.3) is 0 Å². The number of anilines is 1. The molecule has 16 heavy (non-hydrogen) atoms. The van der Waals surface area contributed by atoms with Crippen molar-refractivity contribution in [3.8, 4) is 0 Å². The first kappa shape index (κ1) is 12.6. The molecule has 0 fully saturated rings. The molecule has 88 valence electrons. The maximum atomic E-state index is 11.9. The predicted octanol–water partition coefficient (Wildman–Crippen LogP) is 2.07. The molecule has 0 aliphatic rings. The molecule has 0 saturated heterocycles. The van der Waals surface area contributed by atoms with E-state index < -0.39 is 0 Å². The number of hydrogen-bond donors (Lipinski definition) is 1. The van der Waals surface area contributed by atoms with E-state index >= 15 is 0 Å². The fourth-order valence-electron chi connectivity index (χ4n) is 1.45. The van der Waals surface area contributed by atoms with Crippen LogP contribution < -0.4 is 5.73 Å². The van der Waals surface area contributed by atoms with Crippen LogP contribution in [-0.2, 0) is 11.2 Å². The van der Waals surface area contributed by atoms with Crippen LogP contribution in [0.5, 0.6) is 0 Å². The SMILES string of the molecule is CCC(C)N(C)C(=O)Cc1ccc(N)cc1. The molecule has 2 N–H and O–H groups in total. The third-order valence-electron chi connectivity index (χ3n) is 2.98. The summed E-state index contributed by atoms with van der Waals surface area (Å²) in [5.74, 6) is 0.152. The number of hydrogen-bond acceptors (Lipinski definition) is 2. The van der Waals surface area contributed by atoms with Crippen molar-refractivity contribution in [3.63, 3.8) is 0 Å². The van der Waals surface area contributed by atoms with Crippen molar-refractivity contribution in [2.45, 2.75) is 32.7 Å². The number of carbonyl (C=O) groups is 1. The lowest BCUT2D eigenvalue weighted by molar-refractivity contribution is -0.130. The number of amides is 1. The quantitative estimate of drug-likeness (QED) is 0.789. The molecule has 0 aliphatic heterocycles. The van der Waals surface area contributed by atoms with Crippen molar-refractivity contribution < 1.29 is 4.79 Å². The van der Waals surface area contributed by atoms with Crippen LogP contribution in [-0.4, -0.2) is 23.9 Å². The van der Waals surface area contributed by atoms with Crippen molar-refractivity contribution in [2.75, 3.05) is 12.8 Å². The lowest BCUT2D eigenvalue weighted by Gasteiger charge is -2.23. The predicted molar refractivity (Wildman–Crippen MR) is 67.1 cm³/mol. The lowest BCUT2D eigenvalue weighted by Crippen LogP contribution is -2.35. The lowest BCUT2D eigenvalue weighted by atomic mass is 10.1. The van der Waals surface area contributed by atoms with E-state index in [1.54, 1.807) is 4.90 Å². The Bertz CT molecular complexity index is 345. The van der Waals surface area contributed by atoms with Gasteiger partial charge < -0.3 is 10.6 Å². The highest BCUT2D eigenvalue weighted by molar-refractivity contribution is 5.78. The molecule has 1 rings (SSSR count). The number of rotatable bonds is 4. The van der Waals surface area contributed by atoms with Crippen LogP contribution in [0.2, 0.25) is 0 Å². The molecule has 3 nitrogen and oxygen atoms in total. The maximum Gasteiger partial charge on any atom is 0.226 e. The Labute approximate surface area is 97.2 Å². The minimum absolute atomic E-state index is 0.152. The Morgan fingerprint density at radius 1 is 1.38 bits per heavy atom. The van der Waals surface area contributed by atoms with Gasteiger partial charge in [-0.3, -0.25) is 4.79 Å². The van der Waals surface area contributed by atoms with Gasteiger partial charge in [-0.25, -0.2) is 0 Å². The molecule has 0 heterocycles. The molecule has 1 unspecified atom stereocenters. The van der Waals surface area contributed by atoms with Gasteiger partial charge in [-0.2, -0.15) is 0 Å². The van der Waals surface area contributed by atoms with E-state index in [2.05, 4.69) is 13.8 Å². The van der Waals surface area contributed by atoms with E-state index in [1.165, 1.54) is 0 Å². The first-order chi connectivity index (χ1) is 7.54. The van der Waals surface area contributed by atoms with E-state index in [-0.39, 0.29) is 5.91 Å². The molecule has 0 spiro atoms. The average molecular weight is 220 g/mol. The number of nitrogens with two attached hydrogens (primary N) is 1. The molecule has 0 aromatic heterocycles. The molecular formula is C13H20N2O. The summed E-state index contributed by atoms with van der Waals surface area (Å²) in [4.78, 5) is 13.7. The summed E-state index contributed by atoms with van der Waals surface area (Å²) in [5.41, 5.74) is 7.33. The Morgan fingerprint density at radius 3 is 2.44 bits per heavy atom. The van der Waals surface area contributed by atoms with Gasteiger partial charge in [-0.1, -0.05) is 19.1 Å². The molecule has 1 amide bonds. The smallest absolute Gasteiger partial charge is 0.226 e. The second-order valence-electron chi connectivity index (χ2n) is 4.18. The van der Waals surface area contributed by atoms with Crippen molar-refractivity contribution in [1.82, 2.24) is 4.90 Å². The van der Waals surface area contributed by atoms with Gasteiger partial charge in [0.15, 0.2) is 0 Å². The van der Waals surface area contributed by atoms with E-state index in [4.69, 9.17) is 5.73 Å². The zero-order chi connectivity index (χ0) is 12.1. The first-order valence-electron chi connectivity index (χ1n) is 5.64. The number of nitrogen functional groups attached to an aromatic ring is 1. The second-order valence-corrected chi connectivity index (χ2v) is 4.18. The average Bonchev–Trinajstić information content (AvgIpc) is 2.30. The second kappa shape index (κ2) is 5.54. The topological polar surface area (TPSA) is 46.3 Å². The Hall–Kier alpha value is -1.51. The summed E-state index contributed by atoms with van der Waals surface area (Å²) in [6, 6.07) is 7.74. The van der Waals surface area contributed by atoms with Gasteiger partial charge in [-0.05, 0) is 31.0 Å². The van der Waals surface area contributed by atoms with Gasteiger partial charge in [0, 0.05) is 18.8 Å². The zero-order valence-corrected chi connectivity index (χ0v) is 10.2. The number of benzene rings is 1. The summed E-state index contributed by atoms with van der Waals surface area (Å²) >= 11 is 0. The third kappa shape index (κ3) is 3.26. The third-order valence-corrected chi connectivity index (χ3v) is 2.98. The molecule has 1 atom stereocenters. The summed E-state index contributed by atoms with van der Waals surface area (Å²) in [6.07, 6.45) is 1.42. The monoisotopic (exact) mass is 220 g/mol. The Morgan fingerprint density at radius 2 is 1.94 bits per heavy atom. The van der Waals surface area contributed by atoms with Crippen LogP contribution in [0.1, 0.15) is 25.8 Å². The van der Waals surface area contributed by atoms with Crippen LogP contribution >= 0.6 is 0 Å². The van der Waals surface area contributed by atoms with E-state index in [9.17, 15) is 4.79 Å². The summed E-state index contributed by atoms with van der Waals surface area (Å²) in [6.45, 7) is 4.14. The minimum Gasteiger partial charge on any atom is -0.399 e. The minimum atomic E-state index is 0.152. The van der Waals surface area contributed by atoms with Gasteiger partial charge in [0.05, 0.1) is 6.42 Å². The van der Waals surface area contributed by atoms with Gasteiger partial charge in [0.1, 0.15) is 0 Å². The molecule has 1 aromatic carbocycles. The fourth-order valence-corrected chi connectivity index (χ4v) is 1.45. The highest BCUT2D eigenvalue weighted by Crippen LogP contribution is 2.09. The van der Waals surface area contributed by atoms with Crippen LogP contribution in [0.4, 0.5) is 5.69 Å². The van der Waals surface area contributed by atoms with Crippen molar-refractivity contribution >= 4 is 11.6 Å². The molecule has 1 aromatic rings. The molecule has 0 aliphatic carbocycles. The van der Waals surface area contributed by atoms with E-state index in [1.807, 2.05) is 31.3 Å². The zero-order valence-electron chi connectivity index (χ0n) is 10.2. The van der Waals surface area contributed by atoms with Crippen molar-refractivity contribution in [2.24, 2.45) is 0 Å². The standard InChI is InChI=1S/C13H20N2O/c1-4-10(2)15(3)13(16)9-11-5-7-12(14)8-6-11/h5-8,10H,4,9,14H2,1-3H3. The largest absolute Gasteiger partial charge is 0.399 e. The molecular weight excluding hydrogens is 200 g/mol. The van der Waals surface area contributed by atoms with E-state index in [0.29, 0.717) is 12.5 Å². The number of likely N-dealkylation sites (N-methyl/N-ethyl adjacent to an activating group) is 1. The maximum absolute atomic E-state index is 11.9. The van der Waals surface area contributed by atoms with Crippen LogP contribution in [0.25, 0.3) is 0 Å². The highest BCUT2D eigenvalue weighted by atomic mass is 16.2. The van der Waals surface area contributed by atoms with Crippen molar-refractivity contribution in [3.05, 3.63) is 29.8 Å². The number of nitrogens with zero attached hydrogens (tertiary/aromatic N) is 1. The summed E-state index contributed by atoms with van der Waals surface area (Å²) in [7, 11) is 1.85. The number of carbonyl (C=O) groups excluding carboxylic acids is 1. The Balaban J connectivity index is 2.60. The summed E-state index contributed by atoms with van der Waals surface area (Å²) in [5, 5.41) is 0. The first-order valence-corrected chi connectivity index (χ1v) is 5.64. The molecule has 0 bridgehead atoms. The van der Waals surface area contributed by atoms with Crippen LogP contribution in [0, 0.1) is 0 Å². The highest BCUT2D eigenvalue weighted by Gasteiger charge is 2.14. The fraction of sp³-hybridized carbons (Fsp3) is 0.462. The van der Waals surface area contributed by atoms with Crippen LogP contribution in [0.15, 0.2) is 24.3 Å². The van der Waals surface area contributed by atoms with Crippen molar-refractivity contribution in [1.29, 1.82) is 0 Å². The van der Waals surface area contributed by atoms with E-state index in [0.717, 1.165) is 17.7 Å².